The number of carbonyl (C=O) groups is 3. The number of nitrogens with two attached hydrogens (primary N) is 1. The summed E-state index contributed by atoms with van der Waals surface area (Å²) in [6.45, 7) is -3.96. The Balaban J connectivity index is 3.57. The predicted molar refractivity (Wildman–Crippen MR) is 124 cm³/mol. The van der Waals surface area contributed by atoms with Crippen molar-refractivity contribution in [2.75, 3.05) is 6.61 Å². The third-order valence-electron chi connectivity index (χ3n) is 5.10. The number of unbranched alkanes of at least 4 members (excludes halogenated alkanes) is 10. The Hall–Kier alpha value is -0.800. The second kappa shape index (κ2) is 17.7. The number of aldehydes is 3. The van der Waals surface area contributed by atoms with Crippen LogP contribution in [0.2, 0.25) is 0 Å². The van der Waals surface area contributed by atoms with E-state index in [1.54, 1.807) is 6.08 Å². The van der Waals surface area contributed by atoms with E-state index in [4.69, 9.17) is 15.5 Å². The van der Waals surface area contributed by atoms with Crippen molar-refractivity contribution in [1.29, 1.82) is 0 Å². The minimum atomic E-state index is -3.75. The van der Waals surface area contributed by atoms with Crippen LogP contribution in [0.4, 0.5) is 0 Å². The molecule has 0 bridgehead atoms. The number of allylic oxidation sites excluding steroid dienone is 1. The fourth-order valence-electron chi connectivity index (χ4n) is 3.03. The van der Waals surface area contributed by atoms with E-state index in [0.717, 1.165) is 51.4 Å². The first-order valence-corrected chi connectivity index (χ1v) is 13.5. The third kappa shape index (κ3) is 16.5. The SMILES string of the molecule is N[C@@H](COP(O)(O)=S)[C@H](O)C=CCCCCCCCCCCCCC(C=O)(C=O)C=O. The number of rotatable bonds is 21. The molecule has 0 unspecified atom stereocenters. The summed E-state index contributed by atoms with van der Waals surface area (Å²) in [4.78, 5) is 50.5. The molecule has 0 aliphatic carbocycles. The lowest BCUT2D eigenvalue weighted by molar-refractivity contribution is -0.133. The van der Waals surface area contributed by atoms with Crippen molar-refractivity contribution in [3.05, 3.63) is 12.2 Å². The Morgan fingerprint density at radius 3 is 1.77 bits per heavy atom. The Morgan fingerprint density at radius 2 is 1.32 bits per heavy atom. The van der Waals surface area contributed by atoms with Crippen LogP contribution < -0.4 is 5.73 Å². The largest absolute Gasteiger partial charge is 0.387 e. The van der Waals surface area contributed by atoms with E-state index < -0.39 is 24.3 Å². The lowest BCUT2D eigenvalue weighted by Gasteiger charge is -2.17. The van der Waals surface area contributed by atoms with Crippen LogP contribution in [0.1, 0.15) is 77.0 Å². The smallest absolute Gasteiger partial charge is 0.321 e. The highest BCUT2D eigenvalue weighted by Gasteiger charge is 2.27. The zero-order valence-corrected chi connectivity index (χ0v) is 19.9. The molecule has 0 heterocycles. The van der Waals surface area contributed by atoms with Crippen LogP contribution in [0.15, 0.2) is 12.2 Å². The zero-order chi connectivity index (χ0) is 23.6. The molecule has 0 aliphatic heterocycles. The highest BCUT2D eigenvalue weighted by molar-refractivity contribution is 8.06. The summed E-state index contributed by atoms with van der Waals surface area (Å²) in [5, 5.41) is 9.85. The van der Waals surface area contributed by atoms with Gasteiger partial charge in [0.25, 0.3) is 0 Å². The van der Waals surface area contributed by atoms with Crippen molar-refractivity contribution in [3.63, 3.8) is 0 Å². The molecule has 0 aliphatic rings. The van der Waals surface area contributed by atoms with Gasteiger partial charge in [-0.2, -0.15) is 0 Å². The highest BCUT2D eigenvalue weighted by atomic mass is 32.5. The summed E-state index contributed by atoms with van der Waals surface area (Å²) in [5.41, 5.74) is 4.25. The van der Waals surface area contributed by atoms with Gasteiger partial charge >= 0.3 is 6.72 Å². The molecule has 180 valence electrons. The minimum Gasteiger partial charge on any atom is -0.387 e. The van der Waals surface area contributed by atoms with E-state index in [1.165, 1.54) is 12.8 Å². The fourth-order valence-corrected chi connectivity index (χ4v) is 3.58. The molecule has 5 N–H and O–H groups in total. The molecule has 0 radical (unpaired) electrons. The molecule has 0 aromatic carbocycles. The molecule has 0 saturated heterocycles. The standard InChI is InChI=1S/C21H38NO7PS/c22-19(15-29-30(27,28)31)20(26)13-11-9-7-5-3-1-2-4-6-8-10-12-14-21(16-23,17-24)18-25/h11,13,16-20,26H,1-10,12,14-15,22H2,(H2,27,28,31)/t19-,20+/m0/s1. The summed E-state index contributed by atoms with van der Waals surface area (Å²) in [6, 6.07) is -0.763. The van der Waals surface area contributed by atoms with Crippen LogP contribution in [0.3, 0.4) is 0 Å². The maximum absolute atomic E-state index is 10.8. The van der Waals surface area contributed by atoms with Gasteiger partial charge in [0.05, 0.1) is 18.8 Å². The first kappa shape index (κ1) is 30.2. The van der Waals surface area contributed by atoms with Gasteiger partial charge in [0.15, 0.2) is 0 Å². The van der Waals surface area contributed by atoms with E-state index in [9.17, 15) is 19.5 Å². The molecule has 0 fully saturated rings. The third-order valence-corrected chi connectivity index (χ3v) is 5.90. The molecular formula is C21H38NO7PS. The van der Waals surface area contributed by atoms with E-state index in [0.29, 0.717) is 31.7 Å². The second-order valence-electron chi connectivity index (χ2n) is 7.91. The number of carbonyl (C=O) groups excluding carboxylic acids is 3. The zero-order valence-electron chi connectivity index (χ0n) is 18.1. The van der Waals surface area contributed by atoms with Crippen molar-refractivity contribution in [3.8, 4) is 0 Å². The van der Waals surface area contributed by atoms with Crippen molar-refractivity contribution in [2.45, 2.75) is 89.2 Å². The second-order valence-corrected chi connectivity index (χ2v) is 10.6. The maximum Gasteiger partial charge on any atom is 0.321 e. The lowest BCUT2D eigenvalue weighted by Crippen LogP contribution is -2.37. The van der Waals surface area contributed by atoms with Crippen LogP contribution in [0.25, 0.3) is 0 Å². The number of hydrogen-bond donors (Lipinski definition) is 4. The molecule has 10 heteroatoms. The van der Waals surface area contributed by atoms with Gasteiger partial charge in [0, 0.05) is 0 Å². The first-order chi connectivity index (χ1) is 14.7. The average Bonchev–Trinajstić information content (AvgIpc) is 2.74. The van der Waals surface area contributed by atoms with Crippen LogP contribution in [-0.4, -0.2) is 52.5 Å². The Morgan fingerprint density at radius 1 is 0.871 bits per heavy atom. The number of aliphatic hydroxyl groups is 1. The predicted octanol–water partition coefficient (Wildman–Crippen LogP) is 2.72. The average molecular weight is 480 g/mol. The topological polar surface area (TPSA) is 147 Å². The Kier molecular flexibility index (Phi) is 17.3. The van der Waals surface area contributed by atoms with Gasteiger partial charge in [0.1, 0.15) is 24.3 Å². The van der Waals surface area contributed by atoms with Crippen LogP contribution in [-0.2, 0) is 30.7 Å². The van der Waals surface area contributed by atoms with Crippen LogP contribution in [0, 0.1) is 5.41 Å². The summed E-state index contributed by atoms with van der Waals surface area (Å²) in [7, 11) is 0. The molecule has 0 aromatic rings. The van der Waals surface area contributed by atoms with Gasteiger partial charge in [0.2, 0.25) is 0 Å². The summed E-state index contributed by atoms with van der Waals surface area (Å²) in [6.07, 6.45) is 15.6. The van der Waals surface area contributed by atoms with Crippen molar-refractivity contribution in [1.82, 2.24) is 0 Å². The number of aliphatic hydroxyl groups excluding tert-OH is 1. The van der Waals surface area contributed by atoms with Gasteiger partial charge in [-0.05, 0) is 31.1 Å². The van der Waals surface area contributed by atoms with E-state index >= 15 is 0 Å². The maximum atomic E-state index is 10.8. The monoisotopic (exact) mass is 479 g/mol. The van der Waals surface area contributed by atoms with E-state index in [2.05, 4.69) is 16.3 Å². The lowest BCUT2D eigenvalue weighted by atomic mass is 9.87. The molecular weight excluding hydrogens is 441 g/mol. The summed E-state index contributed by atoms with van der Waals surface area (Å²) < 4.78 is 4.64. The summed E-state index contributed by atoms with van der Waals surface area (Å²) >= 11 is 4.32. The Bertz CT molecular complexity index is 560. The van der Waals surface area contributed by atoms with E-state index in [-0.39, 0.29) is 6.61 Å². The molecule has 8 nitrogen and oxygen atoms in total. The molecule has 0 amide bonds. The molecule has 0 spiro atoms. The minimum absolute atomic E-state index is 0.215. The van der Waals surface area contributed by atoms with Gasteiger partial charge in [-0.15, -0.1) is 0 Å². The van der Waals surface area contributed by atoms with Crippen LogP contribution in [0.5, 0.6) is 0 Å². The number of hydrogen-bond acceptors (Lipinski definition) is 7. The molecule has 0 aromatic heterocycles. The molecule has 31 heavy (non-hydrogen) atoms. The van der Waals surface area contributed by atoms with E-state index in [1.807, 2.05) is 6.08 Å². The molecule has 0 saturated carbocycles. The van der Waals surface area contributed by atoms with Crippen molar-refractivity contribution in [2.24, 2.45) is 11.1 Å². The first-order valence-electron chi connectivity index (χ1n) is 10.9. The van der Waals surface area contributed by atoms with Crippen molar-refractivity contribution < 1.29 is 33.8 Å². The van der Waals surface area contributed by atoms with Gasteiger partial charge in [-0.1, -0.05) is 69.9 Å². The van der Waals surface area contributed by atoms with Gasteiger partial charge in [-0.3, -0.25) is 0 Å². The van der Waals surface area contributed by atoms with Crippen molar-refractivity contribution >= 4 is 37.4 Å². The van der Waals surface area contributed by atoms with Crippen LogP contribution >= 0.6 is 6.72 Å². The van der Waals surface area contributed by atoms with Gasteiger partial charge in [-0.25, -0.2) is 0 Å². The fraction of sp³-hybridized carbons (Fsp3) is 0.762. The summed E-state index contributed by atoms with van der Waals surface area (Å²) in [5.74, 6) is 0. The normalized spacial score (nSPS) is 14.5. The highest BCUT2D eigenvalue weighted by Crippen LogP contribution is 2.36. The Labute approximate surface area is 190 Å². The van der Waals surface area contributed by atoms with Gasteiger partial charge < -0.3 is 39.5 Å². The molecule has 2 atom stereocenters. The quantitative estimate of drug-likeness (QED) is 0.0641. The molecule has 0 rings (SSSR count).